The van der Waals surface area contributed by atoms with Gasteiger partial charge in [-0.2, -0.15) is 10.2 Å². The number of nitrogens with one attached hydrogen (secondary N) is 2. The molecule has 146 valence electrons. The number of nitriles is 1. The molecule has 2 N–H and O–H groups in total. The highest BCUT2D eigenvalue weighted by Gasteiger charge is 2.23. The summed E-state index contributed by atoms with van der Waals surface area (Å²) in [6.07, 6.45) is 3.08. The third kappa shape index (κ3) is 5.96. The number of aromatic nitrogens is 2. The first-order valence-electron chi connectivity index (χ1n) is 8.79. The fourth-order valence-electron chi connectivity index (χ4n) is 3.08. The molecule has 1 aliphatic rings. The highest BCUT2D eigenvalue weighted by Crippen LogP contribution is 2.23. The van der Waals surface area contributed by atoms with Gasteiger partial charge in [0.1, 0.15) is 5.82 Å². The number of halogens is 2. The van der Waals surface area contributed by atoms with Crippen molar-refractivity contribution in [1.29, 1.82) is 5.26 Å². The minimum Gasteiger partial charge on any atom is -0.355 e. The minimum atomic E-state index is 0. The van der Waals surface area contributed by atoms with Crippen LogP contribution in [0.3, 0.4) is 0 Å². The topological polar surface area (TPSA) is 76.9 Å². The van der Waals surface area contributed by atoms with E-state index in [2.05, 4.69) is 39.6 Å². The lowest BCUT2D eigenvalue weighted by Gasteiger charge is -2.19. The molecule has 1 saturated heterocycles. The second kappa shape index (κ2) is 10.9. The normalized spacial score (nSPS) is 15.4. The predicted molar refractivity (Wildman–Crippen MR) is 115 cm³/mol. The summed E-state index contributed by atoms with van der Waals surface area (Å²) < 4.78 is 0. The quantitative estimate of drug-likeness (QED) is 0.758. The maximum atomic E-state index is 9.06. The zero-order valence-electron chi connectivity index (χ0n) is 15.6. The van der Waals surface area contributed by atoms with Crippen LogP contribution in [0, 0.1) is 11.3 Å². The van der Waals surface area contributed by atoms with Gasteiger partial charge in [0.2, 0.25) is 5.95 Å². The van der Waals surface area contributed by atoms with E-state index in [-0.39, 0.29) is 24.8 Å². The molecule has 0 amide bonds. The van der Waals surface area contributed by atoms with Gasteiger partial charge in [-0.15, -0.1) is 24.8 Å². The Balaban J connectivity index is 0.00000182. The maximum Gasteiger partial charge on any atom is 0.229 e. The second-order valence-corrected chi connectivity index (χ2v) is 6.33. The van der Waals surface area contributed by atoms with Crippen LogP contribution in [0.5, 0.6) is 0 Å². The van der Waals surface area contributed by atoms with Gasteiger partial charge in [0, 0.05) is 36.6 Å². The first kappa shape index (κ1) is 23.0. The van der Waals surface area contributed by atoms with E-state index in [1.165, 1.54) is 0 Å². The van der Waals surface area contributed by atoms with Crippen LogP contribution >= 0.6 is 24.8 Å². The van der Waals surface area contributed by atoms with Crippen LogP contribution in [0.25, 0.3) is 0 Å². The molecule has 1 aromatic carbocycles. The van der Waals surface area contributed by atoms with Crippen molar-refractivity contribution in [2.75, 3.05) is 30.4 Å². The van der Waals surface area contributed by atoms with Crippen molar-refractivity contribution in [2.45, 2.75) is 32.2 Å². The monoisotopic (exact) mass is 408 g/mol. The largest absolute Gasteiger partial charge is 0.355 e. The molecule has 1 aliphatic heterocycles. The number of rotatable bonds is 6. The van der Waals surface area contributed by atoms with Crippen LogP contribution in [0.15, 0.2) is 30.3 Å². The minimum absolute atomic E-state index is 0. The number of hydrogen-bond donors (Lipinski definition) is 2. The number of anilines is 3. The summed E-state index contributed by atoms with van der Waals surface area (Å²) in [4.78, 5) is 11.7. The number of aryl methyl sites for hydroxylation is 1. The maximum absolute atomic E-state index is 9.06. The molecule has 0 unspecified atom stereocenters. The highest BCUT2D eigenvalue weighted by molar-refractivity contribution is 5.85. The van der Waals surface area contributed by atoms with E-state index in [0.717, 1.165) is 49.6 Å². The van der Waals surface area contributed by atoms with Crippen molar-refractivity contribution >= 4 is 42.3 Å². The summed E-state index contributed by atoms with van der Waals surface area (Å²) in [6, 6.07) is 12.1. The fraction of sp³-hybridized carbons (Fsp3) is 0.421. The van der Waals surface area contributed by atoms with Crippen LogP contribution in [0.4, 0.5) is 17.5 Å². The third-order valence-electron chi connectivity index (χ3n) is 4.44. The van der Waals surface area contributed by atoms with Gasteiger partial charge in [-0.1, -0.05) is 19.4 Å². The summed E-state index contributed by atoms with van der Waals surface area (Å²) in [5, 5.41) is 15.6. The lowest BCUT2D eigenvalue weighted by Crippen LogP contribution is -2.30. The van der Waals surface area contributed by atoms with E-state index in [4.69, 9.17) is 10.2 Å². The van der Waals surface area contributed by atoms with Gasteiger partial charge in [-0.3, -0.25) is 0 Å². The van der Waals surface area contributed by atoms with Crippen molar-refractivity contribution in [2.24, 2.45) is 0 Å². The molecule has 8 heteroatoms. The SMILES string of the molecule is CCCc1cc(N2CC[C@H](NC)C2)nc(Nc2cccc(C#N)c2)n1.Cl.Cl. The Kier molecular flexibility index (Phi) is 9.30. The molecule has 2 aromatic rings. The van der Waals surface area contributed by atoms with E-state index in [9.17, 15) is 0 Å². The van der Waals surface area contributed by atoms with Crippen molar-refractivity contribution in [3.63, 3.8) is 0 Å². The van der Waals surface area contributed by atoms with Gasteiger partial charge in [-0.05, 0) is 38.1 Å². The first-order valence-corrected chi connectivity index (χ1v) is 8.79. The van der Waals surface area contributed by atoms with E-state index in [0.29, 0.717) is 17.6 Å². The average molecular weight is 409 g/mol. The average Bonchev–Trinajstić information content (AvgIpc) is 3.11. The van der Waals surface area contributed by atoms with E-state index < -0.39 is 0 Å². The van der Waals surface area contributed by atoms with Crippen LogP contribution in [0.2, 0.25) is 0 Å². The molecule has 27 heavy (non-hydrogen) atoms. The zero-order valence-corrected chi connectivity index (χ0v) is 17.2. The Morgan fingerprint density at radius 2 is 2.07 bits per heavy atom. The molecule has 1 fully saturated rings. The Bertz CT molecular complexity index is 777. The smallest absolute Gasteiger partial charge is 0.229 e. The van der Waals surface area contributed by atoms with Crippen molar-refractivity contribution < 1.29 is 0 Å². The molecule has 0 bridgehead atoms. The molecule has 6 nitrogen and oxygen atoms in total. The van der Waals surface area contributed by atoms with Gasteiger partial charge >= 0.3 is 0 Å². The van der Waals surface area contributed by atoms with Crippen LogP contribution in [-0.4, -0.2) is 36.1 Å². The Labute approximate surface area is 173 Å². The lowest BCUT2D eigenvalue weighted by atomic mass is 10.2. The summed E-state index contributed by atoms with van der Waals surface area (Å²) in [7, 11) is 2.01. The molecular formula is C19H26Cl2N6. The molecule has 1 aromatic heterocycles. The highest BCUT2D eigenvalue weighted by atomic mass is 35.5. The van der Waals surface area contributed by atoms with Gasteiger partial charge in [0.25, 0.3) is 0 Å². The van der Waals surface area contributed by atoms with Crippen molar-refractivity contribution in [3.05, 3.63) is 41.6 Å². The van der Waals surface area contributed by atoms with Crippen LogP contribution in [-0.2, 0) is 6.42 Å². The molecule has 0 aliphatic carbocycles. The van der Waals surface area contributed by atoms with Crippen molar-refractivity contribution in [3.8, 4) is 6.07 Å². The van der Waals surface area contributed by atoms with Crippen LogP contribution < -0.4 is 15.5 Å². The standard InChI is InChI=1S/C19H24N6.2ClH/c1-3-5-15-11-18(25-9-8-17(13-25)21-2)24-19(22-15)23-16-7-4-6-14(10-16)12-20;;/h4,6-7,10-11,17,21H,3,5,8-9,13H2,1-2H3,(H,22,23,24);2*1H/t17-;;/m0../s1. The van der Waals surface area contributed by atoms with Gasteiger partial charge in [0.05, 0.1) is 11.6 Å². The molecular weight excluding hydrogens is 383 g/mol. The van der Waals surface area contributed by atoms with Gasteiger partial charge < -0.3 is 15.5 Å². The van der Waals surface area contributed by atoms with Crippen LogP contribution in [0.1, 0.15) is 31.0 Å². The lowest BCUT2D eigenvalue weighted by molar-refractivity contribution is 0.616. The Hall–Kier alpha value is -2.07. The van der Waals surface area contributed by atoms with Crippen molar-refractivity contribution in [1.82, 2.24) is 15.3 Å². The summed E-state index contributed by atoms with van der Waals surface area (Å²) in [5.41, 5.74) is 2.49. The molecule has 3 rings (SSSR count). The number of likely N-dealkylation sites (N-methyl/N-ethyl adjacent to an activating group) is 1. The number of benzene rings is 1. The first-order chi connectivity index (χ1) is 12.2. The number of nitrogens with zero attached hydrogens (tertiary/aromatic N) is 4. The summed E-state index contributed by atoms with van der Waals surface area (Å²) in [5.74, 6) is 1.55. The van der Waals surface area contributed by atoms with Gasteiger partial charge in [0.15, 0.2) is 0 Å². The third-order valence-corrected chi connectivity index (χ3v) is 4.44. The second-order valence-electron chi connectivity index (χ2n) is 6.33. The predicted octanol–water partition coefficient (Wildman–Crippen LogP) is 3.69. The zero-order chi connectivity index (χ0) is 17.6. The summed E-state index contributed by atoms with van der Waals surface area (Å²) >= 11 is 0. The fourth-order valence-corrected chi connectivity index (χ4v) is 3.08. The molecule has 2 heterocycles. The molecule has 0 radical (unpaired) electrons. The van der Waals surface area contributed by atoms with E-state index in [1.54, 1.807) is 6.07 Å². The summed E-state index contributed by atoms with van der Waals surface area (Å²) in [6.45, 7) is 4.11. The number of hydrogen-bond acceptors (Lipinski definition) is 6. The van der Waals surface area contributed by atoms with E-state index in [1.807, 2.05) is 25.2 Å². The van der Waals surface area contributed by atoms with E-state index >= 15 is 0 Å². The molecule has 1 atom stereocenters. The Morgan fingerprint density at radius 3 is 2.74 bits per heavy atom. The Morgan fingerprint density at radius 1 is 1.26 bits per heavy atom. The molecule has 0 saturated carbocycles. The van der Waals surface area contributed by atoms with Gasteiger partial charge in [-0.25, -0.2) is 4.98 Å². The molecule has 0 spiro atoms.